The third kappa shape index (κ3) is 6.46. The molecule has 204 valence electrons. The van der Waals surface area contributed by atoms with Gasteiger partial charge in [0.25, 0.3) is 0 Å². The minimum absolute atomic E-state index is 0.0744. The normalized spacial score (nSPS) is 18.7. The Bertz CT molecular complexity index is 1010. The number of rotatable bonds is 9. The third-order valence-corrected chi connectivity index (χ3v) is 6.58. The topological polar surface area (TPSA) is 113 Å². The molecule has 1 aromatic carbocycles. The highest BCUT2D eigenvalue weighted by Crippen LogP contribution is 2.38. The van der Waals surface area contributed by atoms with Crippen LogP contribution < -0.4 is 20.1 Å². The summed E-state index contributed by atoms with van der Waals surface area (Å²) in [6, 6.07) is 4.15. The van der Waals surface area contributed by atoms with Gasteiger partial charge in [0.05, 0.1) is 32.4 Å². The van der Waals surface area contributed by atoms with Crippen molar-refractivity contribution in [2.45, 2.75) is 33.2 Å². The maximum Gasteiger partial charge on any atom is 0.338 e. The smallest absolute Gasteiger partial charge is 0.338 e. The highest BCUT2D eigenvalue weighted by molar-refractivity contribution is 5.95. The minimum atomic E-state index is -0.760. The number of methoxy groups -OCH3 is 2. The average Bonchev–Trinajstić information content (AvgIpc) is 3.14. The number of urea groups is 2. The molecule has 4 amide bonds. The van der Waals surface area contributed by atoms with Crippen LogP contribution in [0.25, 0.3) is 0 Å². The third-order valence-electron chi connectivity index (χ3n) is 6.58. The number of nitrogens with zero attached hydrogens (tertiary/aromatic N) is 3. The predicted octanol–water partition coefficient (Wildman–Crippen LogP) is 2.34. The maximum atomic E-state index is 13.4. The van der Waals surface area contributed by atoms with Gasteiger partial charge in [-0.05, 0) is 39.3 Å². The Labute approximate surface area is 218 Å². The molecule has 2 aliphatic heterocycles. The van der Waals surface area contributed by atoms with E-state index in [1.165, 1.54) is 7.11 Å². The van der Waals surface area contributed by atoms with Crippen LogP contribution in [0.4, 0.5) is 9.59 Å². The summed E-state index contributed by atoms with van der Waals surface area (Å²) < 4.78 is 16.4. The molecule has 1 fully saturated rings. The summed E-state index contributed by atoms with van der Waals surface area (Å²) >= 11 is 0. The van der Waals surface area contributed by atoms with E-state index < -0.39 is 12.0 Å². The lowest BCUT2D eigenvalue weighted by Crippen LogP contribution is -2.51. The first-order valence-electron chi connectivity index (χ1n) is 12.8. The Morgan fingerprint density at radius 2 is 1.86 bits per heavy atom. The molecule has 11 nitrogen and oxygen atoms in total. The number of esters is 1. The number of carbonyl (C=O) groups excluding carboxylic acids is 3. The fraction of sp³-hybridized carbons (Fsp3) is 0.577. The summed E-state index contributed by atoms with van der Waals surface area (Å²) in [5, 5.41) is 5.83. The van der Waals surface area contributed by atoms with Gasteiger partial charge < -0.3 is 29.7 Å². The maximum absolute atomic E-state index is 13.4. The second-order valence-electron chi connectivity index (χ2n) is 8.77. The molecule has 11 heteroatoms. The zero-order valence-electron chi connectivity index (χ0n) is 22.5. The van der Waals surface area contributed by atoms with Crippen LogP contribution in [-0.4, -0.2) is 99.4 Å². The van der Waals surface area contributed by atoms with Gasteiger partial charge in [0.15, 0.2) is 0 Å². The summed E-state index contributed by atoms with van der Waals surface area (Å²) in [7, 11) is 3.10. The summed E-state index contributed by atoms with van der Waals surface area (Å²) in [5.74, 6) is 0.599. The number of benzene rings is 1. The number of hydrogen-bond donors (Lipinski definition) is 2. The van der Waals surface area contributed by atoms with E-state index in [0.717, 1.165) is 13.0 Å². The van der Waals surface area contributed by atoms with E-state index >= 15 is 0 Å². The van der Waals surface area contributed by atoms with E-state index in [2.05, 4.69) is 15.5 Å². The lowest BCUT2D eigenvalue weighted by atomic mass is 9.93. The molecular weight excluding hydrogens is 478 g/mol. The predicted molar refractivity (Wildman–Crippen MR) is 139 cm³/mol. The summed E-state index contributed by atoms with van der Waals surface area (Å²) in [4.78, 5) is 44.6. The Balaban J connectivity index is 2.02. The fourth-order valence-corrected chi connectivity index (χ4v) is 4.75. The van der Waals surface area contributed by atoms with Crippen LogP contribution in [0.1, 0.15) is 38.8 Å². The molecule has 0 bridgehead atoms. The highest BCUT2D eigenvalue weighted by Gasteiger charge is 2.39. The van der Waals surface area contributed by atoms with Gasteiger partial charge in [-0.3, -0.25) is 9.80 Å². The summed E-state index contributed by atoms with van der Waals surface area (Å²) in [6.45, 7) is 9.60. The molecular formula is C26H39N5O6. The Hall–Kier alpha value is -3.47. The van der Waals surface area contributed by atoms with E-state index in [9.17, 15) is 14.4 Å². The van der Waals surface area contributed by atoms with Gasteiger partial charge in [-0.25, -0.2) is 14.4 Å². The number of ether oxygens (including phenoxy) is 3. The second kappa shape index (κ2) is 13.2. The van der Waals surface area contributed by atoms with Crippen LogP contribution in [0.15, 0.2) is 29.5 Å². The van der Waals surface area contributed by atoms with Gasteiger partial charge in [0.2, 0.25) is 0 Å². The van der Waals surface area contributed by atoms with Crippen LogP contribution in [0.2, 0.25) is 0 Å². The van der Waals surface area contributed by atoms with Crippen LogP contribution >= 0.6 is 0 Å². The van der Waals surface area contributed by atoms with Gasteiger partial charge in [-0.15, -0.1) is 0 Å². The standard InChI is InChI=1S/C26H39N5O6/c1-6-27-25(33)30-13-9-12-29(14-15-30)17-20-22(24(32)37-8-3)23(28-26(34)31(20)7-2)19-11-10-18(35-4)16-21(19)36-5/h10-11,16,23H,6-9,12-15,17H2,1-5H3,(H,27,33)(H,28,34)/t23-/m0/s1. The van der Waals surface area contributed by atoms with Gasteiger partial charge in [0.1, 0.15) is 11.5 Å². The molecule has 0 radical (unpaired) electrons. The van der Waals surface area contributed by atoms with Gasteiger partial charge in [-0.1, -0.05) is 0 Å². The fourth-order valence-electron chi connectivity index (χ4n) is 4.75. The number of hydrogen-bond acceptors (Lipinski definition) is 7. The van der Waals surface area contributed by atoms with Crippen molar-refractivity contribution < 1.29 is 28.6 Å². The molecule has 0 spiro atoms. The van der Waals surface area contributed by atoms with Gasteiger partial charge >= 0.3 is 18.0 Å². The lowest BCUT2D eigenvalue weighted by Gasteiger charge is -2.38. The lowest BCUT2D eigenvalue weighted by molar-refractivity contribution is -0.139. The van der Waals surface area contributed by atoms with Crippen molar-refractivity contribution in [2.24, 2.45) is 0 Å². The molecule has 37 heavy (non-hydrogen) atoms. The zero-order valence-corrected chi connectivity index (χ0v) is 22.5. The first-order valence-corrected chi connectivity index (χ1v) is 12.8. The summed E-state index contributed by atoms with van der Waals surface area (Å²) in [5.41, 5.74) is 1.60. The van der Waals surface area contributed by atoms with Crippen molar-refractivity contribution in [3.63, 3.8) is 0 Å². The molecule has 0 saturated carbocycles. The molecule has 2 N–H and O–H groups in total. The highest BCUT2D eigenvalue weighted by atomic mass is 16.5. The Morgan fingerprint density at radius 3 is 2.51 bits per heavy atom. The van der Waals surface area contributed by atoms with Crippen molar-refractivity contribution in [3.05, 3.63) is 35.0 Å². The van der Waals surface area contributed by atoms with Gasteiger partial charge in [-0.2, -0.15) is 0 Å². The van der Waals surface area contributed by atoms with Crippen LogP contribution in [-0.2, 0) is 9.53 Å². The van der Waals surface area contributed by atoms with E-state index in [1.54, 1.807) is 42.0 Å². The van der Waals surface area contributed by atoms with Crippen LogP contribution in [0.3, 0.4) is 0 Å². The second-order valence-corrected chi connectivity index (χ2v) is 8.77. The SMILES string of the molecule is CCNC(=O)N1CCCN(CC2=C(C(=O)OCC)[C@H](c3ccc(OC)cc3OC)NC(=O)N2CC)CC1. The number of nitrogens with one attached hydrogen (secondary N) is 2. The number of amides is 4. The van der Waals surface area contributed by atoms with E-state index in [4.69, 9.17) is 14.2 Å². The molecule has 2 aliphatic rings. The zero-order chi connectivity index (χ0) is 26.9. The van der Waals surface area contributed by atoms with Crippen molar-refractivity contribution in [3.8, 4) is 11.5 Å². The molecule has 1 saturated heterocycles. The van der Waals surface area contributed by atoms with Crippen LogP contribution in [0.5, 0.6) is 11.5 Å². The number of carbonyl (C=O) groups is 3. The molecule has 1 atom stereocenters. The molecule has 1 aromatic rings. The molecule has 0 unspecified atom stereocenters. The monoisotopic (exact) mass is 517 g/mol. The largest absolute Gasteiger partial charge is 0.497 e. The molecule has 2 heterocycles. The van der Waals surface area contributed by atoms with Crippen LogP contribution in [0, 0.1) is 0 Å². The van der Waals surface area contributed by atoms with Gasteiger partial charge in [0, 0.05) is 63.1 Å². The first kappa shape index (κ1) is 28.1. The van der Waals surface area contributed by atoms with E-state index in [-0.39, 0.29) is 18.7 Å². The molecule has 0 aromatic heterocycles. The first-order chi connectivity index (χ1) is 17.9. The number of likely N-dealkylation sites (N-methyl/N-ethyl adjacent to an activating group) is 1. The van der Waals surface area contributed by atoms with Crippen molar-refractivity contribution in [1.29, 1.82) is 0 Å². The van der Waals surface area contributed by atoms with Crippen molar-refractivity contribution >= 4 is 18.0 Å². The van der Waals surface area contributed by atoms with E-state index in [0.29, 0.717) is 67.6 Å². The van der Waals surface area contributed by atoms with Crippen molar-refractivity contribution in [1.82, 2.24) is 25.3 Å². The Kier molecular flexibility index (Phi) is 10.0. The minimum Gasteiger partial charge on any atom is -0.497 e. The van der Waals surface area contributed by atoms with Crippen molar-refractivity contribution in [2.75, 3.05) is 66.6 Å². The molecule has 0 aliphatic carbocycles. The average molecular weight is 518 g/mol. The quantitative estimate of drug-likeness (QED) is 0.484. The van der Waals surface area contributed by atoms with E-state index in [1.807, 2.05) is 13.8 Å². The molecule has 3 rings (SSSR count). The Morgan fingerprint density at radius 1 is 1.08 bits per heavy atom. The summed E-state index contributed by atoms with van der Waals surface area (Å²) in [6.07, 6.45) is 0.785.